The summed E-state index contributed by atoms with van der Waals surface area (Å²) in [5, 5.41) is 1.78. The molecule has 0 bridgehead atoms. The molecule has 184 valence electrons. The summed E-state index contributed by atoms with van der Waals surface area (Å²) in [4.78, 5) is 13.6. The Morgan fingerprint density at radius 2 is 1.42 bits per heavy atom. The SMILES string of the molecule is C=CCN([C@@H](CBr)C(=O)OC(c1ccccc1)c1ccccc1)S(=O)(=O)c1ccc2ccccc2c1. The third-order valence-electron chi connectivity index (χ3n) is 5.84. The zero-order chi connectivity index (χ0) is 25.5. The zero-order valence-corrected chi connectivity index (χ0v) is 21.9. The van der Waals surface area contributed by atoms with Crippen LogP contribution in [0.5, 0.6) is 0 Å². The molecule has 0 fully saturated rings. The highest BCUT2D eigenvalue weighted by molar-refractivity contribution is 9.09. The van der Waals surface area contributed by atoms with E-state index in [0.29, 0.717) is 0 Å². The van der Waals surface area contributed by atoms with E-state index in [0.717, 1.165) is 26.2 Å². The molecule has 0 aromatic heterocycles. The summed E-state index contributed by atoms with van der Waals surface area (Å²) in [7, 11) is -4.04. The van der Waals surface area contributed by atoms with Gasteiger partial charge >= 0.3 is 5.97 Å². The summed E-state index contributed by atoms with van der Waals surface area (Å²) in [5.41, 5.74) is 1.58. The van der Waals surface area contributed by atoms with E-state index in [-0.39, 0.29) is 16.8 Å². The summed E-state index contributed by atoms with van der Waals surface area (Å²) in [5.74, 6) is -0.657. The number of rotatable bonds is 10. The van der Waals surface area contributed by atoms with Crippen LogP contribution in [0.1, 0.15) is 17.2 Å². The molecule has 4 rings (SSSR count). The van der Waals surface area contributed by atoms with Gasteiger partial charge in [-0.05, 0) is 34.0 Å². The lowest BCUT2D eigenvalue weighted by Crippen LogP contribution is -2.47. The maximum Gasteiger partial charge on any atom is 0.326 e. The average molecular weight is 565 g/mol. The number of carbonyl (C=O) groups excluding carboxylic acids is 1. The fourth-order valence-electron chi connectivity index (χ4n) is 4.02. The van der Waals surface area contributed by atoms with Crippen LogP contribution < -0.4 is 0 Å². The average Bonchev–Trinajstić information content (AvgIpc) is 2.92. The molecule has 36 heavy (non-hydrogen) atoms. The standard InChI is InChI=1S/C29H26BrNO4S/c1-2-19-31(36(33,34)26-18-17-22-11-9-10-16-25(22)20-26)27(21-30)29(32)35-28(23-12-5-3-6-13-23)24-14-7-4-8-15-24/h2-18,20,27-28H,1,19,21H2/t27-/m0/s1. The Bertz CT molecular complexity index is 1400. The maximum absolute atomic E-state index is 13.7. The summed E-state index contributed by atoms with van der Waals surface area (Å²) in [6.45, 7) is 3.66. The van der Waals surface area contributed by atoms with Gasteiger partial charge < -0.3 is 4.74 Å². The molecule has 0 aliphatic carbocycles. The molecule has 4 aromatic rings. The van der Waals surface area contributed by atoms with Gasteiger partial charge in [0.05, 0.1) is 4.90 Å². The van der Waals surface area contributed by atoms with Crippen LogP contribution in [-0.2, 0) is 19.6 Å². The molecule has 0 unspecified atom stereocenters. The van der Waals surface area contributed by atoms with E-state index in [2.05, 4.69) is 22.5 Å². The van der Waals surface area contributed by atoms with Gasteiger partial charge in [0.25, 0.3) is 0 Å². The lowest BCUT2D eigenvalue weighted by atomic mass is 10.0. The molecule has 0 saturated carbocycles. The molecule has 0 N–H and O–H groups in total. The lowest BCUT2D eigenvalue weighted by Gasteiger charge is -2.29. The quantitative estimate of drug-likeness (QED) is 0.132. The largest absolute Gasteiger partial charge is 0.451 e. The third kappa shape index (κ3) is 5.59. The fraction of sp³-hybridized carbons (Fsp3) is 0.138. The van der Waals surface area contributed by atoms with E-state index in [1.807, 2.05) is 84.9 Å². The van der Waals surface area contributed by atoms with Gasteiger partial charge in [-0.25, -0.2) is 8.42 Å². The molecule has 7 heteroatoms. The lowest BCUT2D eigenvalue weighted by molar-refractivity contribution is -0.151. The number of sulfonamides is 1. The van der Waals surface area contributed by atoms with Crippen LogP contribution in [0.3, 0.4) is 0 Å². The van der Waals surface area contributed by atoms with E-state index in [1.54, 1.807) is 18.2 Å². The molecule has 4 aromatic carbocycles. The highest BCUT2D eigenvalue weighted by Crippen LogP contribution is 2.29. The van der Waals surface area contributed by atoms with Crippen molar-refractivity contribution in [1.29, 1.82) is 0 Å². The molecule has 0 heterocycles. The highest BCUT2D eigenvalue weighted by Gasteiger charge is 2.37. The topological polar surface area (TPSA) is 63.7 Å². The van der Waals surface area contributed by atoms with E-state index < -0.39 is 28.1 Å². The van der Waals surface area contributed by atoms with E-state index in [9.17, 15) is 13.2 Å². The maximum atomic E-state index is 13.7. The molecule has 0 saturated heterocycles. The second-order valence-electron chi connectivity index (χ2n) is 8.18. The molecule has 0 aliphatic rings. The van der Waals surface area contributed by atoms with Gasteiger partial charge in [-0.2, -0.15) is 4.31 Å². The van der Waals surface area contributed by atoms with Crippen molar-refractivity contribution >= 4 is 42.7 Å². The van der Waals surface area contributed by atoms with Crippen molar-refractivity contribution in [1.82, 2.24) is 4.31 Å². The first kappa shape index (κ1) is 25.8. The molecule has 1 atom stereocenters. The summed E-state index contributed by atoms with van der Waals surface area (Å²) in [6, 6.07) is 30.1. The number of fused-ring (bicyclic) bond motifs is 1. The number of esters is 1. The van der Waals surface area contributed by atoms with Crippen molar-refractivity contribution in [2.45, 2.75) is 17.0 Å². The molecular weight excluding hydrogens is 538 g/mol. The number of nitrogens with zero attached hydrogens (tertiary/aromatic N) is 1. The van der Waals surface area contributed by atoms with Crippen molar-refractivity contribution < 1.29 is 17.9 Å². The number of halogens is 1. The van der Waals surface area contributed by atoms with Crippen LogP contribution in [0.4, 0.5) is 0 Å². The Balaban J connectivity index is 1.68. The van der Waals surface area contributed by atoms with Crippen molar-refractivity contribution in [2.75, 3.05) is 11.9 Å². The molecule has 0 spiro atoms. The Morgan fingerprint density at radius 1 is 0.861 bits per heavy atom. The first-order chi connectivity index (χ1) is 17.5. The van der Waals surface area contributed by atoms with Crippen molar-refractivity contribution in [2.24, 2.45) is 0 Å². The minimum absolute atomic E-state index is 0.0537. The van der Waals surface area contributed by atoms with Gasteiger partial charge in [-0.1, -0.05) is 113 Å². The number of benzene rings is 4. The van der Waals surface area contributed by atoms with Gasteiger partial charge in [0, 0.05) is 11.9 Å². The minimum atomic E-state index is -4.04. The third-order valence-corrected chi connectivity index (χ3v) is 8.33. The summed E-state index contributed by atoms with van der Waals surface area (Å²) < 4.78 is 34.6. The van der Waals surface area contributed by atoms with Crippen molar-refractivity contribution in [3.05, 3.63) is 127 Å². The molecule has 0 aliphatic heterocycles. The predicted molar refractivity (Wildman–Crippen MR) is 146 cm³/mol. The van der Waals surface area contributed by atoms with Gasteiger partial charge in [0.15, 0.2) is 6.10 Å². The van der Waals surface area contributed by atoms with Crippen LogP contribution in [0.2, 0.25) is 0 Å². The number of carbonyl (C=O) groups is 1. The fourth-order valence-corrected chi connectivity index (χ4v) is 6.41. The van der Waals surface area contributed by atoms with Crippen LogP contribution in [0.15, 0.2) is 121 Å². The number of alkyl halides is 1. The second kappa shape index (κ2) is 11.6. The van der Waals surface area contributed by atoms with Crippen LogP contribution in [-0.4, -0.2) is 36.6 Å². The number of hydrogen-bond donors (Lipinski definition) is 0. The van der Waals surface area contributed by atoms with Crippen LogP contribution >= 0.6 is 15.9 Å². The van der Waals surface area contributed by atoms with Gasteiger partial charge in [-0.15, -0.1) is 6.58 Å². The first-order valence-corrected chi connectivity index (χ1v) is 14.0. The van der Waals surface area contributed by atoms with E-state index in [4.69, 9.17) is 4.74 Å². The number of hydrogen-bond acceptors (Lipinski definition) is 4. The molecule has 0 amide bonds. The molecule has 0 radical (unpaired) electrons. The van der Waals surface area contributed by atoms with E-state index >= 15 is 0 Å². The van der Waals surface area contributed by atoms with Crippen LogP contribution in [0, 0.1) is 0 Å². The van der Waals surface area contributed by atoms with Gasteiger partial charge in [0.1, 0.15) is 6.04 Å². The Hall–Kier alpha value is -3.26. The predicted octanol–water partition coefficient (Wildman–Crippen LogP) is 6.11. The first-order valence-electron chi connectivity index (χ1n) is 11.4. The van der Waals surface area contributed by atoms with Crippen molar-refractivity contribution in [3.8, 4) is 0 Å². The normalized spacial score (nSPS) is 12.5. The van der Waals surface area contributed by atoms with Gasteiger partial charge in [0.2, 0.25) is 10.0 Å². The zero-order valence-electron chi connectivity index (χ0n) is 19.5. The van der Waals surface area contributed by atoms with Crippen LogP contribution in [0.25, 0.3) is 10.8 Å². The van der Waals surface area contributed by atoms with Gasteiger partial charge in [-0.3, -0.25) is 4.79 Å². The minimum Gasteiger partial charge on any atom is -0.451 e. The molecular formula is C29H26BrNO4S. The second-order valence-corrected chi connectivity index (χ2v) is 10.7. The summed E-state index contributed by atoms with van der Waals surface area (Å²) in [6.07, 6.45) is 0.781. The van der Waals surface area contributed by atoms with E-state index in [1.165, 1.54) is 6.08 Å². The number of ether oxygens (including phenoxy) is 1. The summed E-state index contributed by atoms with van der Waals surface area (Å²) >= 11 is 3.35. The Labute approximate surface area is 220 Å². The Morgan fingerprint density at radius 3 is 1.97 bits per heavy atom. The smallest absolute Gasteiger partial charge is 0.326 e. The Kier molecular flexibility index (Phi) is 8.36. The highest BCUT2D eigenvalue weighted by atomic mass is 79.9. The van der Waals surface area contributed by atoms with Crippen molar-refractivity contribution in [3.63, 3.8) is 0 Å². The monoisotopic (exact) mass is 563 g/mol. The molecule has 5 nitrogen and oxygen atoms in total.